The molecule has 0 amide bonds. The molecule has 0 spiro atoms. The third-order valence-corrected chi connectivity index (χ3v) is 2.06. The van der Waals surface area contributed by atoms with Crippen LogP contribution >= 0.6 is 0 Å². The smallest absolute Gasteiger partial charge is 0.194 e. The van der Waals surface area contributed by atoms with Gasteiger partial charge in [-0.3, -0.25) is 0 Å². The van der Waals surface area contributed by atoms with Gasteiger partial charge in [-0.05, 0) is 18.9 Å². The van der Waals surface area contributed by atoms with Crippen molar-refractivity contribution in [2.75, 3.05) is 6.61 Å². The zero-order valence-corrected chi connectivity index (χ0v) is 7.88. The second-order valence-corrected chi connectivity index (χ2v) is 3.15. The van der Waals surface area contributed by atoms with Crippen LogP contribution in [0, 0.1) is 17.5 Å². The van der Waals surface area contributed by atoms with Crippen molar-refractivity contribution in [3.63, 3.8) is 0 Å². The van der Waals surface area contributed by atoms with E-state index >= 15 is 0 Å². The lowest BCUT2D eigenvalue weighted by Crippen LogP contribution is -2.05. The number of hydrogen-bond acceptors (Lipinski definition) is 2. The van der Waals surface area contributed by atoms with Crippen LogP contribution < -0.4 is 0 Å². The maximum atomic E-state index is 13.1. The van der Waals surface area contributed by atoms with E-state index in [0.29, 0.717) is 0 Å². The van der Waals surface area contributed by atoms with Crippen LogP contribution in [-0.2, 0) is 0 Å². The van der Waals surface area contributed by atoms with E-state index in [1.807, 2.05) is 0 Å². The minimum atomic E-state index is -1.59. The first-order valence-electron chi connectivity index (χ1n) is 4.50. The molecule has 1 aromatic rings. The zero-order valence-electron chi connectivity index (χ0n) is 7.88. The lowest BCUT2D eigenvalue weighted by atomic mass is 10.0. The second kappa shape index (κ2) is 5.14. The van der Waals surface area contributed by atoms with Gasteiger partial charge in [0.05, 0.1) is 6.10 Å². The van der Waals surface area contributed by atoms with Crippen LogP contribution in [0.2, 0.25) is 0 Å². The van der Waals surface area contributed by atoms with Crippen molar-refractivity contribution in [3.05, 3.63) is 35.1 Å². The lowest BCUT2D eigenvalue weighted by Gasteiger charge is -2.11. The van der Waals surface area contributed by atoms with E-state index in [1.165, 1.54) is 0 Å². The summed E-state index contributed by atoms with van der Waals surface area (Å²) >= 11 is 0. The maximum absolute atomic E-state index is 13.1. The Morgan fingerprint density at radius 1 is 1.13 bits per heavy atom. The van der Waals surface area contributed by atoms with E-state index in [4.69, 9.17) is 5.11 Å². The average molecular weight is 220 g/mol. The Bertz CT molecular complexity index is 342. The molecular weight excluding hydrogens is 209 g/mol. The summed E-state index contributed by atoms with van der Waals surface area (Å²) in [5.74, 6) is -4.25. The van der Waals surface area contributed by atoms with Crippen LogP contribution in [0.3, 0.4) is 0 Å². The molecule has 84 valence electrons. The van der Waals surface area contributed by atoms with Crippen molar-refractivity contribution in [2.24, 2.45) is 0 Å². The highest BCUT2D eigenvalue weighted by molar-refractivity contribution is 5.22. The summed E-state index contributed by atoms with van der Waals surface area (Å²) < 4.78 is 38.4. The first-order valence-corrected chi connectivity index (χ1v) is 4.50. The quantitative estimate of drug-likeness (QED) is 0.761. The van der Waals surface area contributed by atoms with Gasteiger partial charge in [-0.15, -0.1) is 0 Å². The van der Waals surface area contributed by atoms with E-state index in [0.717, 1.165) is 12.1 Å². The van der Waals surface area contributed by atoms with Gasteiger partial charge in [-0.25, -0.2) is 13.2 Å². The molecule has 2 N–H and O–H groups in total. The molecule has 0 heterocycles. The molecule has 1 atom stereocenters. The molecule has 1 aromatic carbocycles. The Morgan fingerprint density at radius 2 is 1.80 bits per heavy atom. The molecule has 0 aliphatic carbocycles. The average Bonchev–Trinajstić information content (AvgIpc) is 2.23. The summed E-state index contributed by atoms with van der Waals surface area (Å²) in [5, 5.41) is 17.9. The van der Waals surface area contributed by atoms with E-state index < -0.39 is 23.6 Å². The highest BCUT2D eigenvalue weighted by atomic mass is 19.2. The van der Waals surface area contributed by atoms with Crippen molar-refractivity contribution in [3.8, 4) is 0 Å². The molecule has 0 aromatic heterocycles. The molecule has 15 heavy (non-hydrogen) atoms. The minimum absolute atomic E-state index is 0.0957. The van der Waals surface area contributed by atoms with Gasteiger partial charge in [0, 0.05) is 12.2 Å². The molecule has 5 heteroatoms. The lowest BCUT2D eigenvalue weighted by molar-refractivity contribution is 0.146. The molecule has 0 aliphatic rings. The topological polar surface area (TPSA) is 40.5 Å². The molecule has 0 saturated carbocycles. The zero-order chi connectivity index (χ0) is 11.4. The molecular formula is C10H11F3O2. The number of hydrogen-bond donors (Lipinski definition) is 2. The van der Waals surface area contributed by atoms with Gasteiger partial charge in [0.25, 0.3) is 0 Å². The fourth-order valence-electron chi connectivity index (χ4n) is 1.24. The molecule has 1 rings (SSSR count). The Labute approximate surface area is 85.0 Å². The first kappa shape index (κ1) is 12.0. The van der Waals surface area contributed by atoms with Gasteiger partial charge in [0.15, 0.2) is 17.5 Å². The third kappa shape index (κ3) is 2.70. The van der Waals surface area contributed by atoms with Gasteiger partial charge in [0.1, 0.15) is 0 Å². The monoisotopic (exact) mass is 220 g/mol. The summed E-state index contributed by atoms with van der Waals surface area (Å²) in [5.41, 5.74) is -0.289. The molecule has 0 radical (unpaired) electrons. The van der Waals surface area contributed by atoms with Crippen LogP contribution in [0.25, 0.3) is 0 Å². The molecule has 0 bridgehead atoms. The van der Waals surface area contributed by atoms with Crippen molar-refractivity contribution in [1.82, 2.24) is 0 Å². The summed E-state index contributed by atoms with van der Waals surface area (Å²) in [6.07, 6.45) is -0.870. The van der Waals surface area contributed by atoms with Crippen LogP contribution in [0.5, 0.6) is 0 Å². The van der Waals surface area contributed by atoms with Crippen molar-refractivity contribution < 1.29 is 23.4 Å². The van der Waals surface area contributed by atoms with E-state index in [9.17, 15) is 18.3 Å². The van der Waals surface area contributed by atoms with E-state index in [1.54, 1.807) is 0 Å². The van der Waals surface area contributed by atoms with Gasteiger partial charge in [-0.2, -0.15) is 0 Å². The Hall–Kier alpha value is -1.07. The Kier molecular flexibility index (Phi) is 4.11. The normalized spacial score (nSPS) is 12.9. The predicted molar refractivity (Wildman–Crippen MR) is 47.6 cm³/mol. The standard InChI is InChI=1S/C10H11F3O2/c11-7-4-3-6(9(12)10(7)13)8(15)2-1-5-14/h3-4,8,14-15H,1-2,5H2. The highest BCUT2D eigenvalue weighted by Crippen LogP contribution is 2.24. The van der Waals surface area contributed by atoms with Crippen molar-refractivity contribution >= 4 is 0 Å². The van der Waals surface area contributed by atoms with Crippen LogP contribution in [0.15, 0.2) is 12.1 Å². The number of aliphatic hydroxyl groups is 2. The highest BCUT2D eigenvalue weighted by Gasteiger charge is 2.18. The van der Waals surface area contributed by atoms with Gasteiger partial charge < -0.3 is 10.2 Å². The van der Waals surface area contributed by atoms with E-state index in [-0.39, 0.29) is 25.0 Å². The van der Waals surface area contributed by atoms with Gasteiger partial charge >= 0.3 is 0 Å². The number of aliphatic hydroxyl groups excluding tert-OH is 2. The van der Waals surface area contributed by atoms with Crippen molar-refractivity contribution in [2.45, 2.75) is 18.9 Å². The van der Waals surface area contributed by atoms with Crippen LogP contribution in [0.1, 0.15) is 24.5 Å². The maximum Gasteiger partial charge on any atom is 0.194 e. The number of rotatable bonds is 4. The van der Waals surface area contributed by atoms with E-state index in [2.05, 4.69) is 0 Å². The number of halogens is 3. The third-order valence-electron chi connectivity index (χ3n) is 2.06. The predicted octanol–water partition coefficient (Wildman–Crippen LogP) is 1.91. The fourth-order valence-corrected chi connectivity index (χ4v) is 1.24. The van der Waals surface area contributed by atoms with Crippen LogP contribution in [0.4, 0.5) is 13.2 Å². The SMILES string of the molecule is OCCCC(O)c1ccc(F)c(F)c1F. The van der Waals surface area contributed by atoms with Gasteiger partial charge in [-0.1, -0.05) is 6.07 Å². The summed E-state index contributed by atoms with van der Waals surface area (Å²) in [7, 11) is 0. The number of benzene rings is 1. The summed E-state index contributed by atoms with van der Waals surface area (Å²) in [6, 6.07) is 1.76. The molecule has 0 saturated heterocycles. The van der Waals surface area contributed by atoms with Crippen LogP contribution in [-0.4, -0.2) is 16.8 Å². The van der Waals surface area contributed by atoms with Gasteiger partial charge in [0.2, 0.25) is 0 Å². The summed E-state index contributed by atoms with van der Waals surface area (Å²) in [6.45, 7) is -0.150. The minimum Gasteiger partial charge on any atom is -0.396 e. The second-order valence-electron chi connectivity index (χ2n) is 3.15. The Balaban J connectivity index is 2.90. The van der Waals surface area contributed by atoms with Crippen molar-refractivity contribution in [1.29, 1.82) is 0 Å². The fraction of sp³-hybridized carbons (Fsp3) is 0.400. The molecule has 1 unspecified atom stereocenters. The first-order chi connectivity index (χ1) is 7.07. The Morgan fingerprint density at radius 3 is 2.40 bits per heavy atom. The molecule has 2 nitrogen and oxygen atoms in total. The summed E-state index contributed by atoms with van der Waals surface area (Å²) in [4.78, 5) is 0. The molecule has 0 fully saturated rings. The largest absolute Gasteiger partial charge is 0.396 e. The molecule has 0 aliphatic heterocycles.